The van der Waals surface area contributed by atoms with Crippen LogP contribution in [0.4, 0.5) is 0 Å². The molecule has 0 amide bonds. The molecule has 33 heavy (non-hydrogen) atoms. The van der Waals surface area contributed by atoms with Gasteiger partial charge in [-0.05, 0) is 41.0 Å². The number of pyridine rings is 1. The number of ether oxygens (including phenoxy) is 2. The highest BCUT2D eigenvalue weighted by atomic mass is 16.5. The highest BCUT2D eigenvalue weighted by Crippen LogP contribution is 2.30. The maximum Gasteiger partial charge on any atom is 0.205 e. The topological polar surface area (TPSA) is 48.4 Å². The Hall–Kier alpha value is -3.89. The van der Waals surface area contributed by atoms with Gasteiger partial charge >= 0.3 is 0 Å². The van der Waals surface area contributed by atoms with E-state index in [9.17, 15) is 0 Å². The summed E-state index contributed by atoms with van der Waals surface area (Å²) in [5, 5.41) is 0. The lowest BCUT2D eigenvalue weighted by molar-refractivity contribution is -0.696. The van der Waals surface area contributed by atoms with Crippen molar-refractivity contribution in [2.45, 2.75) is 19.8 Å². The third kappa shape index (κ3) is 6.55. The van der Waals surface area contributed by atoms with Crippen molar-refractivity contribution < 1.29 is 14.0 Å². The van der Waals surface area contributed by atoms with E-state index >= 15 is 0 Å². The van der Waals surface area contributed by atoms with Crippen molar-refractivity contribution in [1.29, 1.82) is 0 Å². The minimum absolute atomic E-state index is 0.477. The van der Waals surface area contributed by atoms with E-state index in [1.165, 1.54) is 0 Å². The van der Waals surface area contributed by atoms with Gasteiger partial charge in [0.2, 0.25) is 5.69 Å². The molecule has 0 radical (unpaired) electrons. The van der Waals surface area contributed by atoms with Gasteiger partial charge in [-0.1, -0.05) is 66.7 Å². The van der Waals surface area contributed by atoms with Crippen molar-refractivity contribution in [3.63, 3.8) is 0 Å². The molecule has 0 spiro atoms. The molecule has 2 N–H and O–H groups in total. The predicted molar refractivity (Wildman–Crippen MR) is 133 cm³/mol. The number of hydrogen-bond donors (Lipinski definition) is 1. The number of nitrogens with zero attached hydrogens (tertiary/aromatic N) is 1. The van der Waals surface area contributed by atoms with Crippen LogP contribution in [0, 0.1) is 0 Å². The monoisotopic (exact) mass is 437 g/mol. The van der Waals surface area contributed by atoms with Crippen molar-refractivity contribution in [3.8, 4) is 11.5 Å². The molecule has 0 saturated heterocycles. The van der Waals surface area contributed by atoms with Crippen LogP contribution in [0.5, 0.6) is 11.5 Å². The molecule has 4 nitrogen and oxygen atoms in total. The number of rotatable bonds is 10. The zero-order valence-corrected chi connectivity index (χ0v) is 18.6. The van der Waals surface area contributed by atoms with Crippen LogP contribution < -0.4 is 19.8 Å². The molecule has 0 aliphatic rings. The Morgan fingerprint density at radius 1 is 0.667 bits per heavy atom. The van der Waals surface area contributed by atoms with Crippen LogP contribution in [0.25, 0.3) is 12.2 Å². The van der Waals surface area contributed by atoms with Crippen LogP contribution in [0.15, 0.2) is 103 Å². The molecule has 0 aliphatic carbocycles. The summed E-state index contributed by atoms with van der Waals surface area (Å²) in [7, 11) is 0. The summed E-state index contributed by atoms with van der Waals surface area (Å²) >= 11 is 0. The van der Waals surface area contributed by atoms with Gasteiger partial charge in [0.25, 0.3) is 0 Å². The number of benzene rings is 3. The Labute approximate surface area is 195 Å². The fourth-order valence-corrected chi connectivity index (χ4v) is 3.50. The second-order valence-electron chi connectivity index (χ2n) is 7.70. The molecule has 3 aromatic carbocycles. The van der Waals surface area contributed by atoms with Gasteiger partial charge in [0.05, 0.1) is 6.54 Å². The zero-order chi connectivity index (χ0) is 22.7. The smallest absolute Gasteiger partial charge is 0.205 e. The summed E-state index contributed by atoms with van der Waals surface area (Å²) < 4.78 is 14.4. The van der Waals surface area contributed by atoms with Crippen LogP contribution in [-0.2, 0) is 19.8 Å². The van der Waals surface area contributed by atoms with Crippen LogP contribution in [0.2, 0.25) is 0 Å². The molecular weight excluding hydrogens is 408 g/mol. The fourth-order valence-electron chi connectivity index (χ4n) is 3.50. The first-order valence-electron chi connectivity index (χ1n) is 11.2. The second-order valence-corrected chi connectivity index (χ2v) is 7.70. The SMILES string of the molecule is NCC[n+]1ccccc1/C=C/c1ccc(OCc2ccccc2)c(OCc2ccccc2)c1. The second kappa shape index (κ2) is 11.7. The number of nitrogens with two attached hydrogens (primary N) is 1. The third-order valence-corrected chi connectivity index (χ3v) is 5.23. The number of hydrogen-bond acceptors (Lipinski definition) is 3. The van der Waals surface area contributed by atoms with Crippen molar-refractivity contribution in [2.24, 2.45) is 5.73 Å². The van der Waals surface area contributed by atoms with Crippen molar-refractivity contribution in [3.05, 3.63) is 126 Å². The summed E-state index contributed by atoms with van der Waals surface area (Å²) in [4.78, 5) is 0. The van der Waals surface area contributed by atoms with Gasteiger partial charge in [0.1, 0.15) is 13.2 Å². The lowest BCUT2D eigenvalue weighted by Crippen LogP contribution is -2.39. The molecule has 0 aliphatic heterocycles. The van der Waals surface area contributed by atoms with E-state index in [-0.39, 0.29) is 0 Å². The molecule has 0 fully saturated rings. The summed E-state index contributed by atoms with van der Waals surface area (Å²) in [6, 6.07) is 32.4. The molecule has 1 aromatic heterocycles. The Bertz CT molecular complexity index is 1170. The first kappa shape index (κ1) is 22.3. The van der Waals surface area contributed by atoms with Crippen LogP contribution in [0.3, 0.4) is 0 Å². The Morgan fingerprint density at radius 2 is 1.30 bits per heavy atom. The lowest BCUT2D eigenvalue weighted by atomic mass is 10.1. The van der Waals surface area contributed by atoms with Gasteiger partial charge in [-0.3, -0.25) is 0 Å². The van der Waals surface area contributed by atoms with Gasteiger partial charge in [0.15, 0.2) is 24.2 Å². The van der Waals surface area contributed by atoms with Gasteiger partial charge in [-0.2, -0.15) is 4.57 Å². The van der Waals surface area contributed by atoms with E-state index in [1.807, 2.05) is 72.9 Å². The molecule has 1 heterocycles. The minimum Gasteiger partial charge on any atom is -0.485 e. The van der Waals surface area contributed by atoms with E-state index in [1.54, 1.807) is 0 Å². The highest BCUT2D eigenvalue weighted by Gasteiger charge is 2.09. The maximum absolute atomic E-state index is 6.19. The number of aromatic nitrogens is 1. The van der Waals surface area contributed by atoms with Crippen LogP contribution >= 0.6 is 0 Å². The van der Waals surface area contributed by atoms with E-state index in [2.05, 4.69) is 47.1 Å². The molecule has 0 saturated carbocycles. The minimum atomic E-state index is 0.477. The fraction of sp³-hybridized carbons (Fsp3) is 0.138. The average molecular weight is 438 g/mol. The van der Waals surface area contributed by atoms with Crippen LogP contribution in [0.1, 0.15) is 22.4 Å². The predicted octanol–water partition coefficient (Wildman–Crippen LogP) is 5.26. The van der Waals surface area contributed by atoms with Gasteiger partial charge in [0, 0.05) is 18.2 Å². The Balaban J connectivity index is 1.55. The molecule has 4 heteroatoms. The first-order valence-corrected chi connectivity index (χ1v) is 11.2. The molecule has 0 unspecified atom stereocenters. The van der Waals surface area contributed by atoms with Gasteiger partial charge in [-0.15, -0.1) is 0 Å². The molecule has 0 bridgehead atoms. The van der Waals surface area contributed by atoms with Crippen molar-refractivity contribution >= 4 is 12.2 Å². The summed E-state index contributed by atoms with van der Waals surface area (Å²) in [6.07, 6.45) is 6.22. The quantitative estimate of drug-likeness (QED) is 0.344. The highest BCUT2D eigenvalue weighted by molar-refractivity contribution is 5.68. The first-order chi connectivity index (χ1) is 16.3. The zero-order valence-electron chi connectivity index (χ0n) is 18.6. The normalized spacial score (nSPS) is 10.9. The average Bonchev–Trinajstić information content (AvgIpc) is 2.87. The molecule has 0 atom stereocenters. The standard InChI is InChI=1S/C29H29N2O2/c30-18-20-31-19-8-7-13-27(31)16-14-24-15-17-28(32-22-25-9-3-1-4-10-25)29(21-24)33-23-26-11-5-2-6-12-26/h1-17,19,21H,18,20,22-23,30H2/q+1/b16-14+. The summed E-state index contributed by atoms with van der Waals surface area (Å²) in [5.41, 5.74) is 10.1. The van der Waals surface area contributed by atoms with Crippen molar-refractivity contribution in [2.75, 3.05) is 6.54 Å². The maximum atomic E-state index is 6.19. The van der Waals surface area contributed by atoms with Gasteiger partial charge in [-0.25, -0.2) is 0 Å². The van der Waals surface area contributed by atoms with E-state index in [0.717, 1.165) is 40.4 Å². The largest absolute Gasteiger partial charge is 0.485 e. The molecular formula is C29H29N2O2+. The summed E-state index contributed by atoms with van der Waals surface area (Å²) in [5.74, 6) is 1.45. The molecule has 4 rings (SSSR count). The summed E-state index contributed by atoms with van der Waals surface area (Å²) in [6.45, 7) is 2.34. The molecule has 166 valence electrons. The third-order valence-electron chi connectivity index (χ3n) is 5.23. The van der Waals surface area contributed by atoms with E-state index in [4.69, 9.17) is 15.2 Å². The van der Waals surface area contributed by atoms with Crippen LogP contribution in [-0.4, -0.2) is 6.54 Å². The van der Waals surface area contributed by atoms with Gasteiger partial charge < -0.3 is 15.2 Å². The van der Waals surface area contributed by atoms with Crippen molar-refractivity contribution in [1.82, 2.24) is 0 Å². The lowest BCUT2D eigenvalue weighted by Gasteiger charge is -2.14. The van der Waals surface area contributed by atoms with E-state index < -0.39 is 0 Å². The molecule has 4 aromatic rings. The Kier molecular flexibility index (Phi) is 7.88. The van der Waals surface area contributed by atoms with E-state index in [0.29, 0.717) is 19.8 Å². The Morgan fingerprint density at radius 3 is 1.97 bits per heavy atom.